The fourth-order valence-corrected chi connectivity index (χ4v) is 2.86. The third-order valence-corrected chi connectivity index (χ3v) is 3.74. The lowest BCUT2D eigenvalue weighted by Crippen LogP contribution is -2.48. The van der Waals surface area contributed by atoms with Crippen LogP contribution in [0.15, 0.2) is 12.4 Å². The van der Waals surface area contributed by atoms with Gasteiger partial charge < -0.3 is 5.32 Å². The van der Waals surface area contributed by atoms with Crippen molar-refractivity contribution in [2.24, 2.45) is 13.0 Å². The number of nitrogens with zero attached hydrogens (tertiary/aromatic N) is 2. The van der Waals surface area contributed by atoms with E-state index in [2.05, 4.69) is 16.6 Å². The van der Waals surface area contributed by atoms with Crippen molar-refractivity contribution >= 4 is 0 Å². The van der Waals surface area contributed by atoms with Gasteiger partial charge in [-0.25, -0.2) is 0 Å². The highest BCUT2D eigenvalue weighted by atomic mass is 15.2. The van der Waals surface area contributed by atoms with Crippen molar-refractivity contribution in [3.63, 3.8) is 0 Å². The molecule has 0 aromatic carbocycles. The highest BCUT2D eigenvalue weighted by molar-refractivity contribution is 5.26. The second-order valence-corrected chi connectivity index (χ2v) is 4.33. The van der Waals surface area contributed by atoms with E-state index in [9.17, 15) is 0 Å². The highest BCUT2D eigenvalue weighted by Gasteiger charge is 2.51. The summed E-state index contributed by atoms with van der Waals surface area (Å²) >= 11 is 0. The van der Waals surface area contributed by atoms with Gasteiger partial charge in [-0.3, -0.25) is 4.68 Å². The topological polar surface area (TPSA) is 29.9 Å². The quantitative estimate of drug-likeness (QED) is 0.694. The summed E-state index contributed by atoms with van der Waals surface area (Å²) in [5, 5.41) is 7.90. The molecule has 0 bridgehead atoms. The van der Waals surface area contributed by atoms with Crippen LogP contribution in [0.25, 0.3) is 0 Å². The molecular weight excluding hydrogens is 162 g/mol. The molecule has 1 saturated carbocycles. The minimum atomic E-state index is 0.314. The molecule has 3 nitrogen and oxygen atoms in total. The first-order chi connectivity index (χ1) is 6.31. The molecule has 1 aromatic rings. The average molecular weight is 177 g/mol. The lowest BCUT2D eigenvalue weighted by Gasteiger charge is -2.44. The summed E-state index contributed by atoms with van der Waals surface area (Å²) in [5.41, 5.74) is 1.71. The van der Waals surface area contributed by atoms with Crippen LogP contribution in [0.2, 0.25) is 0 Å². The summed E-state index contributed by atoms with van der Waals surface area (Å²) in [7, 11) is 1.99. The van der Waals surface area contributed by atoms with Gasteiger partial charge in [0.2, 0.25) is 0 Å². The average Bonchev–Trinajstić information content (AvgIpc) is 2.59. The van der Waals surface area contributed by atoms with E-state index in [0.29, 0.717) is 5.54 Å². The van der Waals surface area contributed by atoms with Crippen molar-refractivity contribution in [3.05, 3.63) is 18.0 Å². The Balaban J connectivity index is 1.99. The van der Waals surface area contributed by atoms with Gasteiger partial charge in [-0.05, 0) is 31.7 Å². The van der Waals surface area contributed by atoms with Crippen molar-refractivity contribution < 1.29 is 0 Å². The van der Waals surface area contributed by atoms with Crippen molar-refractivity contribution in [1.82, 2.24) is 15.1 Å². The molecular formula is C10H15N3. The summed E-state index contributed by atoms with van der Waals surface area (Å²) in [6.45, 7) is 1.18. The lowest BCUT2D eigenvalue weighted by molar-refractivity contribution is 0.136. The molecule has 0 amide bonds. The molecule has 1 aliphatic carbocycles. The predicted octanol–water partition coefficient (Wildman–Crippen LogP) is 1.02. The molecule has 70 valence electrons. The van der Waals surface area contributed by atoms with Gasteiger partial charge in [0.1, 0.15) is 0 Å². The molecule has 1 saturated heterocycles. The van der Waals surface area contributed by atoms with Gasteiger partial charge >= 0.3 is 0 Å². The van der Waals surface area contributed by atoms with E-state index in [4.69, 9.17) is 0 Å². The van der Waals surface area contributed by atoms with Crippen LogP contribution in [0.1, 0.15) is 24.8 Å². The van der Waals surface area contributed by atoms with E-state index in [1.54, 1.807) is 0 Å². The van der Waals surface area contributed by atoms with Gasteiger partial charge in [0.05, 0.1) is 6.20 Å². The third kappa shape index (κ3) is 0.854. The fourth-order valence-electron chi connectivity index (χ4n) is 2.86. The van der Waals surface area contributed by atoms with E-state index in [1.807, 2.05) is 17.9 Å². The van der Waals surface area contributed by atoms with Gasteiger partial charge in [0, 0.05) is 24.3 Å². The Morgan fingerprint density at radius 1 is 1.62 bits per heavy atom. The Morgan fingerprint density at radius 3 is 3.08 bits per heavy atom. The molecule has 3 rings (SSSR count). The fraction of sp³-hybridized carbons (Fsp3) is 0.700. The summed E-state index contributed by atoms with van der Waals surface area (Å²) in [5.74, 6) is 0.872. The van der Waals surface area contributed by atoms with Crippen LogP contribution in [-0.4, -0.2) is 16.3 Å². The molecule has 3 heteroatoms. The molecule has 13 heavy (non-hydrogen) atoms. The van der Waals surface area contributed by atoms with E-state index >= 15 is 0 Å². The number of hydrogen-bond donors (Lipinski definition) is 1. The highest BCUT2D eigenvalue weighted by Crippen LogP contribution is 2.51. The molecule has 0 unspecified atom stereocenters. The standard InChI is InChI=1S/C10H15N3/c1-13-7-9(6-12-13)10-4-2-8(10)3-5-11-10/h6-8,11H,2-5H2,1H3/t8-,10-/m0/s1. The van der Waals surface area contributed by atoms with Crippen molar-refractivity contribution in [3.8, 4) is 0 Å². The van der Waals surface area contributed by atoms with Crippen LogP contribution in [0.5, 0.6) is 0 Å². The largest absolute Gasteiger partial charge is 0.307 e. The van der Waals surface area contributed by atoms with Gasteiger partial charge in [-0.1, -0.05) is 0 Å². The van der Waals surface area contributed by atoms with E-state index in [1.165, 1.54) is 31.4 Å². The third-order valence-electron chi connectivity index (χ3n) is 3.74. The first kappa shape index (κ1) is 7.56. The van der Waals surface area contributed by atoms with Crippen molar-refractivity contribution in [1.29, 1.82) is 0 Å². The van der Waals surface area contributed by atoms with Crippen molar-refractivity contribution in [2.75, 3.05) is 6.54 Å². The van der Waals surface area contributed by atoms with Gasteiger partial charge in [0.15, 0.2) is 0 Å². The number of aromatic nitrogens is 2. The van der Waals surface area contributed by atoms with E-state index in [-0.39, 0.29) is 0 Å². The summed E-state index contributed by atoms with van der Waals surface area (Å²) in [6, 6.07) is 0. The zero-order valence-corrected chi connectivity index (χ0v) is 7.95. The second-order valence-electron chi connectivity index (χ2n) is 4.33. The minimum Gasteiger partial charge on any atom is -0.307 e. The first-order valence-corrected chi connectivity index (χ1v) is 5.05. The van der Waals surface area contributed by atoms with Crippen LogP contribution in [0.4, 0.5) is 0 Å². The molecule has 2 aliphatic rings. The van der Waals surface area contributed by atoms with Crippen LogP contribution in [-0.2, 0) is 12.6 Å². The SMILES string of the molecule is Cn1cc([C@]23CC[C@H]2CCN3)cn1. The molecule has 2 fully saturated rings. The molecule has 2 atom stereocenters. The second kappa shape index (κ2) is 2.35. The molecule has 1 aliphatic heterocycles. The first-order valence-electron chi connectivity index (χ1n) is 5.05. The van der Waals surface area contributed by atoms with Crippen LogP contribution in [0.3, 0.4) is 0 Å². The van der Waals surface area contributed by atoms with Crippen LogP contribution >= 0.6 is 0 Å². The number of aryl methyl sites for hydroxylation is 1. The maximum absolute atomic E-state index is 4.25. The summed E-state index contributed by atoms with van der Waals surface area (Å²) in [6.07, 6.45) is 8.20. The zero-order chi connectivity index (χ0) is 8.89. The Hall–Kier alpha value is -0.830. The lowest BCUT2D eigenvalue weighted by atomic mass is 9.65. The molecule has 1 N–H and O–H groups in total. The van der Waals surface area contributed by atoms with Crippen LogP contribution < -0.4 is 5.32 Å². The molecule has 0 radical (unpaired) electrons. The number of nitrogens with one attached hydrogen (secondary N) is 1. The Kier molecular flexibility index (Phi) is 1.37. The van der Waals surface area contributed by atoms with Gasteiger partial charge in [-0.15, -0.1) is 0 Å². The minimum absolute atomic E-state index is 0.314. The smallest absolute Gasteiger partial charge is 0.0540 e. The number of hydrogen-bond acceptors (Lipinski definition) is 2. The summed E-state index contributed by atoms with van der Waals surface area (Å²) < 4.78 is 1.90. The normalized spacial score (nSPS) is 37.2. The van der Waals surface area contributed by atoms with Crippen LogP contribution in [0, 0.1) is 5.92 Å². The molecule has 1 aromatic heterocycles. The maximum atomic E-state index is 4.25. The van der Waals surface area contributed by atoms with Gasteiger partial charge in [0.25, 0.3) is 0 Å². The molecule has 0 spiro atoms. The van der Waals surface area contributed by atoms with Crippen molar-refractivity contribution in [2.45, 2.75) is 24.8 Å². The van der Waals surface area contributed by atoms with E-state index < -0.39 is 0 Å². The molecule has 2 heterocycles. The maximum Gasteiger partial charge on any atom is 0.0540 e. The Morgan fingerprint density at radius 2 is 2.54 bits per heavy atom. The monoisotopic (exact) mass is 177 g/mol. The summed E-state index contributed by atoms with van der Waals surface area (Å²) in [4.78, 5) is 0. The number of rotatable bonds is 1. The Bertz CT molecular complexity index is 331. The van der Waals surface area contributed by atoms with Gasteiger partial charge in [-0.2, -0.15) is 5.10 Å². The Labute approximate surface area is 78.1 Å². The van der Waals surface area contributed by atoms with E-state index in [0.717, 1.165) is 5.92 Å². The predicted molar refractivity (Wildman–Crippen MR) is 50.2 cm³/mol. The number of fused-ring (bicyclic) bond motifs is 1. The zero-order valence-electron chi connectivity index (χ0n) is 7.95.